The minimum Gasteiger partial charge on any atom is -0.294 e. The smallest absolute Gasteiger partial charge is 0.294 e. The summed E-state index contributed by atoms with van der Waals surface area (Å²) in [6.07, 6.45) is 5.29. The van der Waals surface area contributed by atoms with Crippen LogP contribution >= 0.6 is 0 Å². The minimum absolute atomic E-state index is 0.233. The predicted molar refractivity (Wildman–Crippen MR) is 68.1 cm³/mol. The average Bonchev–Trinajstić information content (AvgIpc) is 2.06. The molecule has 0 aliphatic carbocycles. The Morgan fingerprint density at radius 2 is 1.56 bits per heavy atom. The fourth-order valence-electron chi connectivity index (χ4n) is 1.20. The summed E-state index contributed by atoms with van der Waals surface area (Å²) in [7, 11) is -5.86. The van der Waals surface area contributed by atoms with Crippen LogP contribution in [-0.4, -0.2) is 23.3 Å². The summed E-state index contributed by atoms with van der Waals surface area (Å²) < 4.78 is 32.4. The molecular weight excluding hydrogens is 244 g/mol. The van der Waals surface area contributed by atoms with E-state index in [1.54, 1.807) is 0 Å². The van der Waals surface area contributed by atoms with Gasteiger partial charge in [0.1, 0.15) is 0 Å². The van der Waals surface area contributed by atoms with Crippen LogP contribution in [0, 0.1) is 0 Å². The fourth-order valence-corrected chi connectivity index (χ4v) is 4.16. The molecule has 0 bridgehead atoms. The molecule has 0 aliphatic heterocycles. The van der Waals surface area contributed by atoms with Crippen molar-refractivity contribution in [1.29, 1.82) is 0 Å². The Morgan fingerprint density at radius 1 is 1.00 bits per heavy atom. The number of rotatable bonds is 9. The summed E-state index contributed by atoms with van der Waals surface area (Å²) in [6.45, 7) is 7.82. The molecule has 0 atom stereocenters. The second-order valence-corrected chi connectivity index (χ2v) is 10.8. The third-order valence-corrected chi connectivity index (χ3v) is 5.10. The Kier molecular flexibility index (Phi) is 7.46. The SMILES string of the molecule is CCCCCCCOS(=O)(=O)O[Si](C)(C)C. The van der Waals surface area contributed by atoms with Gasteiger partial charge in [0.05, 0.1) is 6.61 Å². The van der Waals surface area contributed by atoms with Crippen molar-refractivity contribution < 1.29 is 16.5 Å². The highest BCUT2D eigenvalue weighted by Gasteiger charge is 2.24. The lowest BCUT2D eigenvalue weighted by Gasteiger charge is -2.15. The Morgan fingerprint density at radius 3 is 2.06 bits per heavy atom. The molecule has 0 radical (unpaired) electrons. The lowest BCUT2D eigenvalue weighted by Crippen LogP contribution is -2.30. The zero-order valence-corrected chi connectivity index (χ0v) is 12.6. The molecule has 0 heterocycles. The Bertz CT molecular complexity index is 269. The van der Waals surface area contributed by atoms with Gasteiger partial charge in [-0.25, -0.2) is 4.18 Å². The molecule has 0 aromatic heterocycles. The van der Waals surface area contributed by atoms with Gasteiger partial charge >= 0.3 is 10.4 Å². The second-order valence-electron chi connectivity index (χ2n) is 4.84. The topological polar surface area (TPSA) is 52.6 Å². The second kappa shape index (κ2) is 7.42. The third-order valence-electron chi connectivity index (χ3n) is 1.83. The van der Waals surface area contributed by atoms with Gasteiger partial charge in [0, 0.05) is 0 Å². The van der Waals surface area contributed by atoms with Crippen molar-refractivity contribution in [3.63, 3.8) is 0 Å². The van der Waals surface area contributed by atoms with Gasteiger partial charge in [0.25, 0.3) is 0 Å². The van der Waals surface area contributed by atoms with E-state index in [4.69, 9.17) is 8.06 Å². The normalized spacial score (nSPS) is 13.0. The molecule has 0 amide bonds. The van der Waals surface area contributed by atoms with E-state index in [1.807, 2.05) is 19.6 Å². The van der Waals surface area contributed by atoms with Gasteiger partial charge < -0.3 is 0 Å². The molecule has 0 saturated heterocycles. The molecule has 6 heteroatoms. The summed E-state index contributed by atoms with van der Waals surface area (Å²) >= 11 is 0. The summed E-state index contributed by atoms with van der Waals surface area (Å²) in [5.41, 5.74) is 0. The maximum Gasteiger partial charge on any atom is 0.390 e. The van der Waals surface area contributed by atoms with E-state index in [2.05, 4.69) is 6.92 Å². The van der Waals surface area contributed by atoms with E-state index in [0.717, 1.165) is 19.3 Å². The van der Waals surface area contributed by atoms with Crippen molar-refractivity contribution in [3.8, 4) is 0 Å². The van der Waals surface area contributed by atoms with Crippen LogP contribution in [0.1, 0.15) is 39.0 Å². The van der Waals surface area contributed by atoms with Crippen LogP contribution in [0.15, 0.2) is 0 Å². The average molecular weight is 268 g/mol. The first-order valence-corrected chi connectivity index (χ1v) is 10.6. The quantitative estimate of drug-likeness (QED) is 0.476. The van der Waals surface area contributed by atoms with E-state index in [1.165, 1.54) is 12.8 Å². The standard InChI is InChI=1S/C10H24O4SSi/c1-5-6-7-8-9-10-13-15(11,12)14-16(2,3)4/h5-10H2,1-4H3. The van der Waals surface area contributed by atoms with Gasteiger partial charge in [-0.2, -0.15) is 8.42 Å². The first kappa shape index (κ1) is 16.1. The minimum atomic E-state index is -3.77. The largest absolute Gasteiger partial charge is 0.390 e. The molecule has 0 saturated carbocycles. The van der Waals surface area contributed by atoms with Crippen LogP contribution in [0.4, 0.5) is 0 Å². The van der Waals surface area contributed by atoms with E-state index in [0.29, 0.717) is 0 Å². The van der Waals surface area contributed by atoms with Crippen molar-refractivity contribution in [2.75, 3.05) is 6.61 Å². The van der Waals surface area contributed by atoms with Gasteiger partial charge in [-0.3, -0.25) is 3.87 Å². The van der Waals surface area contributed by atoms with Crippen LogP contribution in [0.2, 0.25) is 19.6 Å². The van der Waals surface area contributed by atoms with Crippen LogP contribution in [-0.2, 0) is 18.5 Å². The van der Waals surface area contributed by atoms with Crippen LogP contribution in [0.3, 0.4) is 0 Å². The molecule has 0 N–H and O–H groups in total. The van der Waals surface area contributed by atoms with Gasteiger partial charge in [-0.05, 0) is 26.1 Å². The molecule has 0 aromatic carbocycles. The monoisotopic (exact) mass is 268 g/mol. The predicted octanol–water partition coefficient (Wildman–Crippen LogP) is 3.07. The van der Waals surface area contributed by atoms with Crippen molar-refractivity contribution >= 4 is 18.7 Å². The van der Waals surface area contributed by atoms with Crippen LogP contribution in [0.5, 0.6) is 0 Å². The third kappa shape index (κ3) is 10.6. The molecule has 0 fully saturated rings. The highest BCUT2D eigenvalue weighted by atomic mass is 32.3. The number of hydrogen-bond donors (Lipinski definition) is 0. The molecule has 0 rings (SSSR count). The maximum atomic E-state index is 11.3. The Balaban J connectivity index is 3.68. The molecule has 0 aromatic rings. The highest BCUT2D eigenvalue weighted by molar-refractivity contribution is 7.83. The lowest BCUT2D eigenvalue weighted by atomic mass is 10.2. The summed E-state index contributed by atoms with van der Waals surface area (Å²) in [5, 5.41) is 0. The molecule has 0 unspecified atom stereocenters. The van der Waals surface area contributed by atoms with Crippen molar-refractivity contribution in [3.05, 3.63) is 0 Å². The van der Waals surface area contributed by atoms with E-state index in [9.17, 15) is 8.42 Å². The molecule has 98 valence electrons. The number of hydrogen-bond acceptors (Lipinski definition) is 4. The lowest BCUT2D eigenvalue weighted by molar-refractivity contribution is 0.264. The van der Waals surface area contributed by atoms with Gasteiger partial charge in [-0.1, -0.05) is 32.6 Å². The van der Waals surface area contributed by atoms with Gasteiger partial charge in [0.15, 0.2) is 0 Å². The molecular formula is C10H24O4SSi. The van der Waals surface area contributed by atoms with Crippen molar-refractivity contribution in [2.24, 2.45) is 0 Å². The van der Waals surface area contributed by atoms with Gasteiger partial charge in [0.2, 0.25) is 8.32 Å². The first-order valence-electron chi connectivity index (χ1n) is 5.87. The summed E-state index contributed by atoms with van der Waals surface area (Å²) in [4.78, 5) is 0. The molecule has 16 heavy (non-hydrogen) atoms. The maximum absolute atomic E-state index is 11.3. The van der Waals surface area contributed by atoms with Crippen LogP contribution < -0.4 is 0 Å². The summed E-state index contributed by atoms with van der Waals surface area (Å²) in [6, 6.07) is 0. The first-order chi connectivity index (χ1) is 7.27. The Labute approximate surface area is 101 Å². The molecule has 0 aliphatic rings. The van der Waals surface area contributed by atoms with E-state index in [-0.39, 0.29) is 6.61 Å². The summed E-state index contributed by atoms with van der Waals surface area (Å²) in [5.74, 6) is 0. The zero-order valence-electron chi connectivity index (χ0n) is 10.8. The molecule has 0 spiro atoms. The Hall–Kier alpha value is 0.0869. The van der Waals surface area contributed by atoms with Crippen molar-refractivity contribution in [2.45, 2.75) is 58.7 Å². The molecule has 4 nitrogen and oxygen atoms in total. The number of unbranched alkanes of at least 4 members (excludes halogenated alkanes) is 4. The van der Waals surface area contributed by atoms with E-state index < -0.39 is 18.7 Å². The van der Waals surface area contributed by atoms with E-state index >= 15 is 0 Å². The highest BCUT2D eigenvalue weighted by Crippen LogP contribution is 2.10. The van der Waals surface area contributed by atoms with Crippen molar-refractivity contribution in [1.82, 2.24) is 0 Å². The zero-order chi connectivity index (χ0) is 12.7. The fraction of sp³-hybridized carbons (Fsp3) is 1.00. The van der Waals surface area contributed by atoms with Crippen LogP contribution in [0.25, 0.3) is 0 Å². The van der Waals surface area contributed by atoms with Gasteiger partial charge in [-0.15, -0.1) is 0 Å².